The van der Waals surface area contributed by atoms with Gasteiger partial charge in [0.1, 0.15) is 0 Å². The molecule has 2 nitrogen and oxygen atoms in total. The predicted octanol–water partition coefficient (Wildman–Crippen LogP) is 3.33. The molecule has 0 fully saturated rings. The van der Waals surface area contributed by atoms with Crippen LogP contribution in [0.4, 0.5) is 0 Å². The smallest absolute Gasteiger partial charge is 0.360 e. The Morgan fingerprint density at radius 3 is 2.93 bits per heavy atom. The van der Waals surface area contributed by atoms with Gasteiger partial charge in [-0.05, 0) is 12.1 Å². The van der Waals surface area contributed by atoms with Gasteiger partial charge >= 0.3 is 11.8 Å². The van der Waals surface area contributed by atoms with E-state index in [4.69, 9.17) is 9.15 Å². The number of fused-ring (bicyclic) bond motifs is 1. The second kappa shape index (κ2) is 3.92. The van der Waals surface area contributed by atoms with E-state index < -0.39 is 0 Å². The van der Waals surface area contributed by atoms with Gasteiger partial charge in [-0.2, -0.15) is 0 Å². The van der Waals surface area contributed by atoms with E-state index in [-0.39, 0.29) is 0 Å². The van der Waals surface area contributed by atoms with E-state index >= 15 is 0 Å². The molecule has 0 saturated heterocycles. The molecule has 0 unspecified atom stereocenters. The maximum atomic E-state index is 5.36. The van der Waals surface area contributed by atoms with Crippen LogP contribution in [0.25, 0.3) is 17.0 Å². The molecule has 70 valence electrons. The van der Waals surface area contributed by atoms with Crippen LogP contribution in [0, 0.1) is 0 Å². The lowest BCUT2D eigenvalue weighted by molar-refractivity contribution is 0.341. The molecule has 0 N–H and O–H groups in total. The minimum absolute atomic E-state index is 0.880. The Morgan fingerprint density at radius 1 is 1.21 bits per heavy atom. The van der Waals surface area contributed by atoms with Crippen LogP contribution < -0.4 is 0 Å². The van der Waals surface area contributed by atoms with Crippen molar-refractivity contribution in [1.82, 2.24) is 0 Å². The first kappa shape index (κ1) is 8.75. The van der Waals surface area contributed by atoms with Crippen LogP contribution >= 0.6 is 0 Å². The quantitative estimate of drug-likeness (QED) is 0.531. The molecule has 1 heterocycles. The zero-order valence-electron chi connectivity index (χ0n) is 7.94. The van der Waals surface area contributed by atoms with Crippen LogP contribution in [0.15, 0.2) is 47.3 Å². The minimum Gasteiger partial charge on any atom is -0.504 e. The standard InChI is InChI=1S/C12H11O2/c1-13-8-6-10-7-9-14-12-5-3-2-4-11(10)12/h2-9H,1H3/q+1/b8-6+. The number of hydrogen-bond acceptors (Lipinski definition) is 1. The lowest BCUT2D eigenvalue weighted by Crippen LogP contribution is -1.77. The molecule has 0 aliphatic rings. The highest BCUT2D eigenvalue weighted by Crippen LogP contribution is 2.19. The van der Waals surface area contributed by atoms with E-state index in [1.165, 1.54) is 0 Å². The number of hydrogen-bond donors (Lipinski definition) is 0. The topological polar surface area (TPSA) is 20.5 Å². The minimum atomic E-state index is 0.880. The van der Waals surface area contributed by atoms with Crippen molar-refractivity contribution in [1.29, 1.82) is 0 Å². The Bertz CT molecular complexity index is 455. The van der Waals surface area contributed by atoms with Gasteiger partial charge in [-0.25, -0.2) is 4.42 Å². The Balaban J connectivity index is 2.59. The number of ether oxygens (including phenoxy) is 1. The average molecular weight is 187 g/mol. The van der Waals surface area contributed by atoms with E-state index in [1.54, 1.807) is 19.6 Å². The number of benzene rings is 1. The molecular weight excluding hydrogens is 176 g/mol. The fraction of sp³-hybridized carbons (Fsp3) is 0.0833. The van der Waals surface area contributed by atoms with E-state index in [0.29, 0.717) is 0 Å². The molecule has 0 aliphatic carbocycles. The normalized spacial score (nSPS) is 10.9. The van der Waals surface area contributed by atoms with Gasteiger partial charge in [-0.15, -0.1) is 0 Å². The molecule has 0 amide bonds. The molecule has 0 saturated carbocycles. The number of rotatable bonds is 2. The summed E-state index contributed by atoms with van der Waals surface area (Å²) in [5, 5.41) is 1.09. The highest BCUT2D eigenvalue weighted by atomic mass is 16.5. The van der Waals surface area contributed by atoms with Crippen molar-refractivity contribution in [3.63, 3.8) is 0 Å². The zero-order valence-corrected chi connectivity index (χ0v) is 7.94. The predicted molar refractivity (Wildman–Crippen MR) is 56.7 cm³/mol. The third-order valence-electron chi connectivity index (χ3n) is 2.02. The molecule has 0 bridgehead atoms. The van der Waals surface area contributed by atoms with Crippen LogP contribution in [0.1, 0.15) is 5.56 Å². The molecule has 2 rings (SSSR count). The van der Waals surface area contributed by atoms with Crippen molar-refractivity contribution >= 4 is 17.0 Å². The van der Waals surface area contributed by atoms with E-state index in [0.717, 1.165) is 16.5 Å². The summed E-state index contributed by atoms with van der Waals surface area (Å²) in [7, 11) is 1.63. The first-order chi connectivity index (χ1) is 6.92. The van der Waals surface area contributed by atoms with Crippen molar-refractivity contribution in [2.24, 2.45) is 0 Å². The van der Waals surface area contributed by atoms with Crippen molar-refractivity contribution < 1.29 is 9.15 Å². The van der Waals surface area contributed by atoms with Gasteiger partial charge in [-0.1, -0.05) is 12.1 Å². The molecule has 0 radical (unpaired) electrons. The van der Waals surface area contributed by atoms with Gasteiger partial charge in [0.05, 0.1) is 18.8 Å². The maximum absolute atomic E-state index is 5.36. The molecule has 14 heavy (non-hydrogen) atoms. The Morgan fingerprint density at radius 2 is 2.07 bits per heavy atom. The van der Waals surface area contributed by atoms with Crippen molar-refractivity contribution in [3.8, 4) is 0 Å². The molecule has 2 aromatic rings. The SMILES string of the molecule is CO/C=C/c1cc[o+]c2ccccc12. The highest BCUT2D eigenvalue weighted by Gasteiger charge is 2.06. The van der Waals surface area contributed by atoms with Gasteiger partial charge in [0.25, 0.3) is 0 Å². The summed E-state index contributed by atoms with van der Waals surface area (Å²) in [5.41, 5.74) is 1.97. The number of para-hydroxylation sites is 1. The summed E-state index contributed by atoms with van der Waals surface area (Å²) in [6.07, 6.45) is 5.25. The monoisotopic (exact) mass is 187 g/mol. The van der Waals surface area contributed by atoms with Gasteiger partial charge in [0.2, 0.25) is 0 Å². The van der Waals surface area contributed by atoms with Crippen LogP contribution in [0.3, 0.4) is 0 Å². The largest absolute Gasteiger partial charge is 0.504 e. The Hall–Kier alpha value is -1.83. The van der Waals surface area contributed by atoms with Crippen LogP contribution in [-0.4, -0.2) is 7.11 Å². The van der Waals surface area contributed by atoms with Crippen LogP contribution in [-0.2, 0) is 4.74 Å². The third kappa shape index (κ3) is 1.59. The van der Waals surface area contributed by atoms with Crippen LogP contribution in [0.2, 0.25) is 0 Å². The Kier molecular flexibility index (Phi) is 2.45. The summed E-state index contributed by atoms with van der Waals surface area (Å²) in [5.74, 6) is 0. The molecule has 0 spiro atoms. The first-order valence-electron chi connectivity index (χ1n) is 4.41. The molecule has 0 aliphatic heterocycles. The molecule has 1 aromatic carbocycles. The van der Waals surface area contributed by atoms with Crippen LogP contribution in [0.5, 0.6) is 0 Å². The van der Waals surface area contributed by atoms with Crippen molar-refractivity contribution in [3.05, 3.63) is 48.4 Å². The first-order valence-corrected chi connectivity index (χ1v) is 4.41. The van der Waals surface area contributed by atoms with E-state index in [1.807, 2.05) is 36.4 Å². The van der Waals surface area contributed by atoms with Gasteiger partial charge in [0.15, 0.2) is 0 Å². The molecule has 0 atom stereocenters. The lowest BCUT2D eigenvalue weighted by atomic mass is 10.1. The second-order valence-corrected chi connectivity index (χ2v) is 2.91. The molecule has 2 heteroatoms. The van der Waals surface area contributed by atoms with Gasteiger partial charge in [-0.3, -0.25) is 0 Å². The Labute approximate surface area is 82.4 Å². The summed E-state index contributed by atoms with van der Waals surface area (Å²) in [4.78, 5) is 0. The summed E-state index contributed by atoms with van der Waals surface area (Å²) in [6.45, 7) is 0. The highest BCUT2D eigenvalue weighted by molar-refractivity contribution is 5.85. The summed E-state index contributed by atoms with van der Waals surface area (Å²) in [6, 6.07) is 9.82. The lowest BCUT2D eigenvalue weighted by Gasteiger charge is -1.93. The van der Waals surface area contributed by atoms with E-state index in [2.05, 4.69) is 0 Å². The van der Waals surface area contributed by atoms with Gasteiger partial charge < -0.3 is 4.74 Å². The second-order valence-electron chi connectivity index (χ2n) is 2.91. The number of methoxy groups -OCH3 is 1. The summed E-state index contributed by atoms with van der Waals surface area (Å²) >= 11 is 0. The summed E-state index contributed by atoms with van der Waals surface area (Å²) < 4.78 is 10.2. The molecular formula is C12H11O2+. The van der Waals surface area contributed by atoms with Crippen molar-refractivity contribution in [2.75, 3.05) is 7.11 Å². The molecule has 1 aromatic heterocycles. The van der Waals surface area contributed by atoms with Crippen molar-refractivity contribution in [2.45, 2.75) is 0 Å². The third-order valence-corrected chi connectivity index (χ3v) is 2.02. The fourth-order valence-corrected chi connectivity index (χ4v) is 1.36. The van der Waals surface area contributed by atoms with E-state index in [9.17, 15) is 0 Å². The maximum Gasteiger partial charge on any atom is 0.360 e. The van der Waals surface area contributed by atoms with Gasteiger partial charge in [0, 0.05) is 17.7 Å². The fourth-order valence-electron chi connectivity index (χ4n) is 1.36. The zero-order chi connectivity index (χ0) is 9.80. The average Bonchev–Trinajstić information content (AvgIpc) is 2.26.